The molecule has 122 valence electrons. The van der Waals surface area contributed by atoms with E-state index in [-0.39, 0.29) is 11.2 Å². The molecule has 1 aliphatic carbocycles. The van der Waals surface area contributed by atoms with Gasteiger partial charge in [0.15, 0.2) is 5.76 Å². The minimum absolute atomic E-state index is 0.236. The second-order valence-corrected chi connectivity index (χ2v) is 6.60. The fraction of sp³-hybridized carbons (Fsp3) is 0.706. The van der Waals surface area contributed by atoms with Crippen molar-refractivity contribution in [1.29, 1.82) is 0 Å². The fourth-order valence-corrected chi connectivity index (χ4v) is 3.71. The van der Waals surface area contributed by atoms with Gasteiger partial charge in [0, 0.05) is 38.3 Å². The normalized spacial score (nSPS) is 22.0. The molecule has 0 bridgehead atoms. The Hall–Kier alpha value is -1.33. The zero-order chi connectivity index (χ0) is 15.5. The third-order valence-electron chi connectivity index (χ3n) is 4.98. The average Bonchev–Trinajstić information content (AvgIpc) is 2.54. The molecule has 0 amide bonds. The summed E-state index contributed by atoms with van der Waals surface area (Å²) in [4.78, 5) is 16.5. The van der Waals surface area contributed by atoms with E-state index in [9.17, 15) is 9.90 Å². The van der Waals surface area contributed by atoms with Crippen LogP contribution in [-0.4, -0.2) is 47.1 Å². The number of nitrogens with zero attached hydrogens (tertiary/aromatic N) is 2. The van der Waals surface area contributed by atoms with Gasteiger partial charge >= 0.3 is 0 Å². The summed E-state index contributed by atoms with van der Waals surface area (Å²) >= 11 is 0. The van der Waals surface area contributed by atoms with Crippen LogP contribution in [0.2, 0.25) is 0 Å². The van der Waals surface area contributed by atoms with Gasteiger partial charge < -0.3 is 9.52 Å². The Labute approximate surface area is 131 Å². The maximum absolute atomic E-state index is 11.6. The Morgan fingerprint density at radius 1 is 1.18 bits per heavy atom. The predicted molar refractivity (Wildman–Crippen MR) is 85.1 cm³/mol. The molecule has 5 nitrogen and oxygen atoms in total. The summed E-state index contributed by atoms with van der Waals surface area (Å²) in [7, 11) is 0. The Morgan fingerprint density at radius 2 is 1.86 bits per heavy atom. The molecule has 0 radical (unpaired) electrons. The van der Waals surface area contributed by atoms with Crippen LogP contribution in [0.1, 0.15) is 43.6 Å². The summed E-state index contributed by atoms with van der Waals surface area (Å²) in [6.07, 6.45) is 6.81. The smallest absolute Gasteiger partial charge is 0.227 e. The summed E-state index contributed by atoms with van der Waals surface area (Å²) in [6.45, 7) is 6.33. The zero-order valence-corrected chi connectivity index (χ0v) is 13.4. The lowest BCUT2D eigenvalue weighted by Gasteiger charge is -2.40. The molecule has 0 aromatic carbocycles. The highest BCUT2D eigenvalue weighted by Crippen LogP contribution is 2.24. The number of aryl methyl sites for hydroxylation is 1. The average molecular weight is 306 g/mol. The van der Waals surface area contributed by atoms with E-state index >= 15 is 0 Å². The van der Waals surface area contributed by atoms with Gasteiger partial charge in [-0.15, -0.1) is 0 Å². The van der Waals surface area contributed by atoms with Crippen molar-refractivity contribution in [3.05, 3.63) is 27.8 Å². The fourth-order valence-electron chi connectivity index (χ4n) is 3.71. The first kappa shape index (κ1) is 15.6. The van der Waals surface area contributed by atoms with Crippen LogP contribution in [0.3, 0.4) is 0 Å². The van der Waals surface area contributed by atoms with Crippen molar-refractivity contribution in [2.75, 3.05) is 26.2 Å². The molecular formula is C17H26N2O3. The van der Waals surface area contributed by atoms with Gasteiger partial charge in [0.05, 0.1) is 6.54 Å². The largest absolute Gasteiger partial charge is 0.502 e. The summed E-state index contributed by atoms with van der Waals surface area (Å²) in [5.74, 6) is 0.718. The zero-order valence-electron chi connectivity index (χ0n) is 13.4. The van der Waals surface area contributed by atoms with Crippen molar-refractivity contribution in [1.82, 2.24) is 9.80 Å². The van der Waals surface area contributed by atoms with Crippen LogP contribution >= 0.6 is 0 Å². The first-order valence-electron chi connectivity index (χ1n) is 8.42. The monoisotopic (exact) mass is 306 g/mol. The van der Waals surface area contributed by atoms with Gasteiger partial charge in [-0.1, -0.05) is 19.3 Å². The van der Waals surface area contributed by atoms with Crippen LogP contribution in [-0.2, 0) is 6.54 Å². The molecule has 1 aromatic heterocycles. The van der Waals surface area contributed by atoms with Crippen molar-refractivity contribution in [3.8, 4) is 5.75 Å². The minimum atomic E-state index is -0.348. The van der Waals surface area contributed by atoms with E-state index in [4.69, 9.17) is 4.42 Å². The van der Waals surface area contributed by atoms with E-state index in [0.29, 0.717) is 18.1 Å². The van der Waals surface area contributed by atoms with Gasteiger partial charge in [0.25, 0.3) is 0 Å². The third kappa shape index (κ3) is 3.52. The first-order valence-corrected chi connectivity index (χ1v) is 8.42. The van der Waals surface area contributed by atoms with Crippen LogP contribution in [0.5, 0.6) is 5.75 Å². The van der Waals surface area contributed by atoms with Crippen LogP contribution < -0.4 is 5.43 Å². The van der Waals surface area contributed by atoms with Crippen molar-refractivity contribution < 1.29 is 9.52 Å². The molecule has 2 aliphatic rings. The van der Waals surface area contributed by atoms with Crippen molar-refractivity contribution in [3.63, 3.8) is 0 Å². The Bertz CT molecular complexity index is 556. The predicted octanol–water partition coefficient (Wildman–Crippen LogP) is 2.10. The summed E-state index contributed by atoms with van der Waals surface area (Å²) in [5, 5.41) is 9.87. The highest BCUT2D eigenvalue weighted by atomic mass is 16.4. The number of hydrogen-bond acceptors (Lipinski definition) is 5. The summed E-state index contributed by atoms with van der Waals surface area (Å²) in [6, 6.07) is 2.10. The number of piperazine rings is 1. The lowest BCUT2D eigenvalue weighted by Crippen LogP contribution is -2.50. The molecule has 2 heterocycles. The highest BCUT2D eigenvalue weighted by Gasteiger charge is 2.26. The number of hydrogen-bond donors (Lipinski definition) is 1. The van der Waals surface area contributed by atoms with Crippen molar-refractivity contribution in [2.24, 2.45) is 0 Å². The molecule has 0 unspecified atom stereocenters. The van der Waals surface area contributed by atoms with E-state index in [1.54, 1.807) is 6.92 Å². The highest BCUT2D eigenvalue weighted by molar-refractivity contribution is 5.24. The molecule has 22 heavy (non-hydrogen) atoms. The molecule has 0 atom stereocenters. The minimum Gasteiger partial charge on any atom is -0.502 e. The van der Waals surface area contributed by atoms with Crippen molar-refractivity contribution in [2.45, 2.75) is 51.6 Å². The molecule has 5 heteroatoms. The topological polar surface area (TPSA) is 56.9 Å². The SMILES string of the molecule is Cc1cc(=O)c(O)c(CN2CCN(C3CCCCC3)CC2)o1. The quantitative estimate of drug-likeness (QED) is 0.927. The van der Waals surface area contributed by atoms with Crippen LogP contribution in [0.4, 0.5) is 0 Å². The Kier molecular flexibility index (Phi) is 4.84. The molecule has 1 aromatic rings. The maximum Gasteiger partial charge on any atom is 0.227 e. The van der Waals surface area contributed by atoms with Gasteiger partial charge in [-0.2, -0.15) is 0 Å². The van der Waals surface area contributed by atoms with E-state index < -0.39 is 0 Å². The molecule has 1 N–H and O–H groups in total. The lowest BCUT2D eigenvalue weighted by molar-refractivity contribution is 0.0710. The molecule has 1 aliphatic heterocycles. The van der Waals surface area contributed by atoms with Gasteiger partial charge in [0.1, 0.15) is 5.76 Å². The second-order valence-electron chi connectivity index (χ2n) is 6.60. The first-order chi connectivity index (χ1) is 10.6. The van der Waals surface area contributed by atoms with Crippen molar-refractivity contribution >= 4 is 0 Å². The van der Waals surface area contributed by atoms with Gasteiger partial charge in [-0.25, -0.2) is 0 Å². The van der Waals surface area contributed by atoms with E-state index in [1.165, 1.54) is 38.2 Å². The van der Waals surface area contributed by atoms with E-state index in [0.717, 1.165) is 32.2 Å². The Morgan fingerprint density at radius 3 is 2.55 bits per heavy atom. The van der Waals surface area contributed by atoms with Crippen LogP contribution in [0.15, 0.2) is 15.3 Å². The Balaban J connectivity index is 1.57. The standard InChI is InChI=1S/C17H26N2O3/c1-13-11-15(20)17(21)16(22-13)12-18-7-9-19(10-8-18)14-5-3-2-4-6-14/h11,14,21H,2-10,12H2,1H3. The van der Waals surface area contributed by atoms with Crippen LogP contribution in [0.25, 0.3) is 0 Å². The second kappa shape index (κ2) is 6.84. The van der Waals surface area contributed by atoms with Gasteiger partial charge in [0.2, 0.25) is 11.2 Å². The summed E-state index contributed by atoms with van der Waals surface area (Å²) < 4.78 is 5.53. The van der Waals surface area contributed by atoms with E-state index in [1.807, 2.05) is 0 Å². The van der Waals surface area contributed by atoms with E-state index in [2.05, 4.69) is 9.80 Å². The van der Waals surface area contributed by atoms with Crippen LogP contribution in [0, 0.1) is 6.92 Å². The third-order valence-corrected chi connectivity index (χ3v) is 4.98. The molecule has 2 fully saturated rings. The maximum atomic E-state index is 11.6. The molecule has 1 saturated carbocycles. The summed E-state index contributed by atoms with van der Waals surface area (Å²) in [5.41, 5.74) is -0.348. The number of rotatable bonds is 3. The molecule has 1 saturated heterocycles. The molecule has 3 rings (SSSR count). The molecule has 0 spiro atoms. The van der Waals surface area contributed by atoms with Gasteiger partial charge in [-0.05, 0) is 19.8 Å². The molecular weight excluding hydrogens is 280 g/mol. The lowest BCUT2D eigenvalue weighted by atomic mass is 9.94. The van der Waals surface area contributed by atoms with Gasteiger partial charge in [-0.3, -0.25) is 14.6 Å². The number of aromatic hydroxyl groups is 1.